The first-order valence-corrected chi connectivity index (χ1v) is 20.5. The summed E-state index contributed by atoms with van der Waals surface area (Å²) in [4.78, 5) is 55.7. The van der Waals surface area contributed by atoms with Crippen LogP contribution in [0, 0.1) is 17.2 Å². The van der Waals surface area contributed by atoms with Crippen LogP contribution < -0.4 is 20.9 Å². The maximum Gasteiger partial charge on any atom is 0.417 e. The summed E-state index contributed by atoms with van der Waals surface area (Å²) in [5.74, 6) is -0.662. The molecule has 3 aliphatic heterocycles. The van der Waals surface area contributed by atoms with E-state index in [9.17, 15) is 37.6 Å². The molecule has 3 N–H and O–H groups in total. The molecule has 58 heavy (non-hydrogen) atoms. The lowest BCUT2D eigenvalue weighted by atomic mass is 9.82. The molecule has 12 nitrogen and oxygen atoms in total. The summed E-state index contributed by atoms with van der Waals surface area (Å²) in [6.45, 7) is 8.63. The number of hydrogen-bond acceptors (Lipinski definition) is 9. The molecule has 1 aliphatic carbocycles. The quantitative estimate of drug-likeness (QED) is 0.120. The monoisotopic (exact) mass is 823 g/mol. The Balaban J connectivity index is 0.919. The summed E-state index contributed by atoms with van der Waals surface area (Å²) >= 11 is 5.76. The van der Waals surface area contributed by atoms with E-state index in [2.05, 4.69) is 34.7 Å². The average molecular weight is 824 g/mol. The van der Waals surface area contributed by atoms with E-state index in [0.29, 0.717) is 30.3 Å². The first kappa shape index (κ1) is 43.0. The van der Waals surface area contributed by atoms with Gasteiger partial charge in [0.1, 0.15) is 11.6 Å². The van der Waals surface area contributed by atoms with Crippen molar-refractivity contribution in [1.82, 2.24) is 15.1 Å². The van der Waals surface area contributed by atoms with Gasteiger partial charge >= 0.3 is 6.18 Å². The van der Waals surface area contributed by atoms with Crippen LogP contribution in [0.25, 0.3) is 0 Å². The lowest BCUT2D eigenvalue weighted by molar-refractivity contribution is -0.138. The van der Waals surface area contributed by atoms with Gasteiger partial charge < -0.3 is 20.3 Å². The van der Waals surface area contributed by atoms with Crippen LogP contribution in [0.5, 0.6) is 0 Å². The van der Waals surface area contributed by atoms with Crippen molar-refractivity contribution in [3.05, 3.63) is 53.6 Å². The van der Waals surface area contributed by atoms with Gasteiger partial charge in [-0.05, 0) is 140 Å². The molecule has 4 amide bonds. The number of carbonyl (C=O) groups excluding carboxylic acids is 4. The van der Waals surface area contributed by atoms with Gasteiger partial charge in [0.25, 0.3) is 5.91 Å². The highest BCUT2D eigenvalue weighted by molar-refractivity contribution is 7.80. The number of hydrogen-bond donors (Lipinski definition) is 3. The van der Waals surface area contributed by atoms with E-state index in [1.54, 1.807) is 38.1 Å². The van der Waals surface area contributed by atoms with Crippen LogP contribution in [0.3, 0.4) is 0 Å². The fourth-order valence-corrected chi connectivity index (χ4v) is 9.63. The molecule has 3 saturated heterocycles. The molecule has 6 rings (SSSR count). The highest BCUT2D eigenvalue weighted by Crippen LogP contribution is 2.41. The molecule has 3 heterocycles. The maximum atomic E-state index is 13.7. The summed E-state index contributed by atoms with van der Waals surface area (Å²) in [6.07, 6.45) is 3.08. The van der Waals surface area contributed by atoms with Crippen molar-refractivity contribution >= 4 is 58.0 Å². The number of anilines is 3. The van der Waals surface area contributed by atoms with E-state index < -0.39 is 34.8 Å². The van der Waals surface area contributed by atoms with Crippen LogP contribution in [0.4, 0.5) is 30.2 Å². The second-order valence-electron chi connectivity index (χ2n) is 16.6. The summed E-state index contributed by atoms with van der Waals surface area (Å²) in [6, 6.07) is 11.8. The Labute approximate surface area is 342 Å². The number of imide groups is 1. The number of halogens is 3. The molecule has 4 fully saturated rings. The minimum atomic E-state index is -4.75. The van der Waals surface area contributed by atoms with E-state index >= 15 is 0 Å². The van der Waals surface area contributed by atoms with Gasteiger partial charge in [0.05, 0.1) is 35.5 Å². The highest BCUT2D eigenvalue weighted by atomic mass is 32.1. The molecule has 0 aromatic heterocycles. The molecular formula is C42H52F3N7O5S. The number of thiocarbonyl (C=S) groups is 1. The van der Waals surface area contributed by atoms with Crippen molar-refractivity contribution < 1.29 is 37.1 Å². The molecule has 2 unspecified atom stereocenters. The van der Waals surface area contributed by atoms with E-state index in [-0.39, 0.29) is 65.7 Å². The number of piperidine rings is 2. The van der Waals surface area contributed by atoms with E-state index in [1.165, 1.54) is 11.0 Å². The Kier molecular flexibility index (Phi) is 13.1. The number of likely N-dealkylation sites (tertiary alicyclic amines) is 1. The summed E-state index contributed by atoms with van der Waals surface area (Å²) in [5.41, 5.74) is -1.34. The number of nitrogens with zero attached hydrogens (tertiary/aromatic N) is 4. The van der Waals surface area contributed by atoms with Crippen LogP contribution in [0.15, 0.2) is 42.5 Å². The maximum absolute atomic E-state index is 13.7. The minimum absolute atomic E-state index is 0.00614. The van der Waals surface area contributed by atoms with Crippen molar-refractivity contribution in [2.45, 2.75) is 134 Å². The summed E-state index contributed by atoms with van der Waals surface area (Å²) < 4.78 is 47.6. The van der Waals surface area contributed by atoms with Crippen LogP contribution in [-0.4, -0.2) is 87.5 Å². The number of ether oxygens (including phenoxy) is 1. The van der Waals surface area contributed by atoms with Gasteiger partial charge in [-0.2, -0.15) is 18.4 Å². The number of nitrogens with one attached hydrogen (secondary N) is 3. The molecule has 2 aromatic carbocycles. The molecule has 312 valence electrons. The molecule has 0 radical (unpaired) electrons. The lowest BCUT2D eigenvalue weighted by Gasteiger charge is -2.42. The third-order valence-corrected chi connectivity index (χ3v) is 12.5. The first-order valence-electron chi connectivity index (χ1n) is 20.1. The molecule has 0 bridgehead atoms. The number of alkyl halides is 3. The molecule has 0 spiro atoms. The lowest BCUT2D eigenvalue weighted by Crippen LogP contribution is -2.51. The Hall–Kier alpha value is -4.59. The van der Waals surface area contributed by atoms with Crippen molar-refractivity contribution in [1.29, 1.82) is 5.26 Å². The van der Waals surface area contributed by atoms with E-state index in [1.807, 2.05) is 11.0 Å². The Morgan fingerprint density at radius 2 is 1.71 bits per heavy atom. The number of carbonyl (C=O) groups is 4. The van der Waals surface area contributed by atoms with Crippen molar-refractivity contribution in [2.75, 3.05) is 28.7 Å². The molecule has 2 aromatic rings. The third-order valence-electron chi connectivity index (χ3n) is 12.1. The Morgan fingerprint density at radius 1 is 1.02 bits per heavy atom. The van der Waals surface area contributed by atoms with Crippen LogP contribution >= 0.6 is 12.2 Å². The normalized spacial score (nSPS) is 26.7. The highest BCUT2D eigenvalue weighted by Gasteiger charge is 2.52. The standard InChI is InChI=1S/C42H52F3N7O5S/c1-25-19-33(20-26(2)50(25)24-37(54)48-30-9-5-8-29(21-30)47-35-16-17-36(53)49-38(35)55)57-18-6-7-27-10-13-31(14-11-27)52-40(58)51(39(56)41(52,3)4)32-15-12-28(23-46)34(22-32)42(43,44)45/h5,8-9,12,15,21-22,25-27,31,33,35,47H,6-7,10-11,13-14,16-20,24H2,1-4H3,(H,48,54)(H,49,53,55)/t25-,26+,27?,31?,33?,35?. The topological polar surface area (TPSA) is 147 Å². The zero-order valence-electron chi connectivity index (χ0n) is 33.4. The zero-order chi connectivity index (χ0) is 41.9. The van der Waals surface area contributed by atoms with Gasteiger partial charge in [-0.3, -0.25) is 34.3 Å². The summed E-state index contributed by atoms with van der Waals surface area (Å²) in [5, 5.41) is 17.9. The SMILES string of the molecule is C[C@@H]1CC(OCCCC2CCC(N3C(=S)N(c4ccc(C#N)c(C(F)(F)F)c4)C(=O)C3(C)C)CC2)C[C@H](C)N1CC(=O)Nc1cccc(NC2CCC(=O)NC2=O)c1. The molecular weight excluding hydrogens is 772 g/mol. The molecule has 4 atom stereocenters. The van der Waals surface area contributed by atoms with Crippen molar-refractivity contribution in [3.8, 4) is 6.07 Å². The zero-order valence-corrected chi connectivity index (χ0v) is 34.2. The van der Waals surface area contributed by atoms with Crippen molar-refractivity contribution in [2.24, 2.45) is 5.92 Å². The Bertz CT molecular complexity index is 1930. The van der Waals surface area contributed by atoms with E-state index in [4.69, 9.17) is 17.0 Å². The number of rotatable bonds is 12. The smallest absolute Gasteiger partial charge is 0.378 e. The average Bonchev–Trinajstić information content (AvgIpc) is 3.34. The van der Waals surface area contributed by atoms with Crippen molar-refractivity contribution in [3.63, 3.8) is 0 Å². The van der Waals surface area contributed by atoms with Gasteiger partial charge in [-0.15, -0.1) is 0 Å². The number of nitriles is 1. The fraction of sp³-hybridized carbons (Fsp3) is 0.571. The van der Waals surface area contributed by atoms with Gasteiger partial charge in [-0.25, -0.2) is 0 Å². The number of benzene rings is 2. The van der Waals surface area contributed by atoms with Gasteiger partial charge in [0, 0.05) is 42.5 Å². The molecule has 16 heteroatoms. The summed E-state index contributed by atoms with van der Waals surface area (Å²) in [7, 11) is 0. The second kappa shape index (κ2) is 17.7. The minimum Gasteiger partial charge on any atom is -0.378 e. The fourth-order valence-electron chi connectivity index (χ4n) is 9.06. The third kappa shape index (κ3) is 9.64. The van der Waals surface area contributed by atoms with Gasteiger partial charge in [-0.1, -0.05) is 6.07 Å². The van der Waals surface area contributed by atoms with Gasteiger partial charge in [0.2, 0.25) is 17.7 Å². The Morgan fingerprint density at radius 3 is 2.36 bits per heavy atom. The van der Waals surface area contributed by atoms with Gasteiger partial charge in [0.15, 0.2) is 5.11 Å². The predicted molar refractivity (Wildman–Crippen MR) is 217 cm³/mol. The number of amides is 4. The predicted octanol–water partition coefficient (Wildman–Crippen LogP) is 6.74. The molecule has 1 saturated carbocycles. The second-order valence-corrected chi connectivity index (χ2v) is 17.0. The van der Waals surface area contributed by atoms with E-state index in [0.717, 1.165) is 63.5 Å². The first-order chi connectivity index (χ1) is 27.5. The molecule has 4 aliphatic rings. The van der Waals surface area contributed by atoms with Crippen LogP contribution in [0.2, 0.25) is 0 Å². The van der Waals surface area contributed by atoms with Crippen LogP contribution in [-0.2, 0) is 30.1 Å². The largest absolute Gasteiger partial charge is 0.417 e. The van der Waals surface area contributed by atoms with Crippen LogP contribution in [0.1, 0.15) is 103 Å².